The zero-order valence-electron chi connectivity index (χ0n) is 9.62. The van der Waals surface area contributed by atoms with Crippen molar-refractivity contribution < 1.29 is 4.74 Å². The minimum absolute atomic E-state index is 0.147. The molecule has 0 aliphatic carbocycles. The molecule has 1 unspecified atom stereocenters. The molecule has 0 bridgehead atoms. The van der Waals surface area contributed by atoms with E-state index in [1.807, 2.05) is 6.92 Å². The molecule has 1 heterocycles. The van der Waals surface area contributed by atoms with Gasteiger partial charge in [-0.15, -0.1) is 11.6 Å². The molecule has 1 rings (SSSR count). The molecule has 0 aliphatic rings. The molecule has 90 valence electrons. The Morgan fingerprint density at radius 2 is 2.31 bits per heavy atom. The molecule has 16 heavy (non-hydrogen) atoms. The quantitative estimate of drug-likeness (QED) is 0.782. The third-order valence-corrected chi connectivity index (χ3v) is 2.45. The van der Waals surface area contributed by atoms with E-state index in [1.165, 1.54) is 6.07 Å². The lowest BCUT2D eigenvalue weighted by Gasteiger charge is -2.15. The molecule has 1 aromatic heterocycles. The summed E-state index contributed by atoms with van der Waals surface area (Å²) in [5.41, 5.74) is 0.405. The van der Waals surface area contributed by atoms with Gasteiger partial charge in [0.1, 0.15) is 11.9 Å². The van der Waals surface area contributed by atoms with E-state index < -0.39 is 0 Å². The smallest absolute Gasteiger partial charge is 0.251 e. The van der Waals surface area contributed by atoms with Crippen molar-refractivity contribution in [2.45, 2.75) is 38.7 Å². The summed E-state index contributed by atoms with van der Waals surface area (Å²) in [7, 11) is 0. The molecule has 0 saturated carbocycles. The molecule has 4 nitrogen and oxygen atoms in total. The van der Waals surface area contributed by atoms with Crippen LogP contribution in [-0.2, 0) is 10.6 Å². The first-order valence-electron chi connectivity index (χ1n) is 5.49. The number of hydrogen-bond donors (Lipinski definition) is 1. The largest absolute Gasteiger partial charge is 0.371 e. The van der Waals surface area contributed by atoms with Gasteiger partial charge in [0.2, 0.25) is 0 Å². The number of nitrogens with zero attached hydrogens (tertiary/aromatic N) is 1. The van der Waals surface area contributed by atoms with Crippen LogP contribution in [0.1, 0.15) is 44.3 Å². The number of ether oxygens (including phenoxy) is 1. The van der Waals surface area contributed by atoms with E-state index in [-0.39, 0.29) is 17.5 Å². The molecule has 5 heteroatoms. The Hall–Kier alpha value is -0.870. The number of hydrogen-bond acceptors (Lipinski definition) is 3. The summed E-state index contributed by atoms with van der Waals surface area (Å²) in [6, 6.07) is 1.41. The van der Waals surface area contributed by atoms with Crippen molar-refractivity contribution in [1.29, 1.82) is 0 Å². The average molecular weight is 245 g/mol. The third-order valence-electron chi connectivity index (χ3n) is 2.17. The summed E-state index contributed by atoms with van der Waals surface area (Å²) in [6.07, 6.45) is 1.66. The van der Waals surface area contributed by atoms with Gasteiger partial charge in [0.15, 0.2) is 0 Å². The highest BCUT2D eigenvalue weighted by Crippen LogP contribution is 2.18. The number of nitrogens with one attached hydrogen (secondary N) is 1. The molecule has 0 saturated heterocycles. The molecule has 0 fully saturated rings. The predicted octanol–water partition coefficient (Wildman–Crippen LogP) is 2.39. The SMILES string of the molecule is CCCC(OCC)c1nc(CCl)cc(=O)[nH]1. The Bertz CT molecular complexity index is 372. The Morgan fingerprint density at radius 3 is 2.88 bits per heavy atom. The van der Waals surface area contributed by atoms with E-state index in [9.17, 15) is 4.79 Å². The molecule has 1 aromatic rings. The summed E-state index contributed by atoms with van der Waals surface area (Å²) < 4.78 is 5.55. The van der Waals surface area contributed by atoms with Crippen LogP contribution in [0.4, 0.5) is 0 Å². The monoisotopic (exact) mass is 244 g/mol. The summed E-state index contributed by atoms with van der Waals surface area (Å²) in [4.78, 5) is 18.4. The van der Waals surface area contributed by atoms with Crippen LogP contribution in [0.15, 0.2) is 10.9 Å². The van der Waals surface area contributed by atoms with Crippen molar-refractivity contribution in [3.05, 3.63) is 27.9 Å². The van der Waals surface area contributed by atoms with Gasteiger partial charge in [-0.2, -0.15) is 0 Å². The number of H-pyrrole nitrogens is 1. The average Bonchev–Trinajstić information content (AvgIpc) is 2.28. The van der Waals surface area contributed by atoms with E-state index in [4.69, 9.17) is 16.3 Å². The van der Waals surface area contributed by atoms with Gasteiger partial charge in [0.05, 0.1) is 11.6 Å². The van der Waals surface area contributed by atoms with Gasteiger partial charge in [-0.25, -0.2) is 4.98 Å². The van der Waals surface area contributed by atoms with Gasteiger partial charge in [-0.3, -0.25) is 4.79 Å². The number of halogens is 1. The molecule has 0 aliphatic heterocycles. The van der Waals surface area contributed by atoms with Gasteiger partial charge < -0.3 is 9.72 Å². The molecule has 1 atom stereocenters. The van der Waals surface area contributed by atoms with E-state index in [1.54, 1.807) is 0 Å². The van der Waals surface area contributed by atoms with Crippen molar-refractivity contribution in [3.8, 4) is 0 Å². The first-order valence-corrected chi connectivity index (χ1v) is 6.02. The molecule has 0 radical (unpaired) electrons. The maximum Gasteiger partial charge on any atom is 0.251 e. The van der Waals surface area contributed by atoms with E-state index in [2.05, 4.69) is 16.9 Å². The van der Waals surface area contributed by atoms with Crippen molar-refractivity contribution in [2.75, 3.05) is 6.61 Å². The van der Waals surface area contributed by atoms with Crippen LogP contribution >= 0.6 is 11.6 Å². The fourth-order valence-corrected chi connectivity index (χ4v) is 1.65. The van der Waals surface area contributed by atoms with Crippen LogP contribution in [0.25, 0.3) is 0 Å². The normalized spacial score (nSPS) is 12.7. The van der Waals surface area contributed by atoms with Crippen LogP contribution in [0, 0.1) is 0 Å². The lowest BCUT2D eigenvalue weighted by Crippen LogP contribution is -2.17. The Morgan fingerprint density at radius 1 is 1.56 bits per heavy atom. The lowest BCUT2D eigenvalue weighted by molar-refractivity contribution is 0.0490. The van der Waals surface area contributed by atoms with E-state index in [0.29, 0.717) is 18.1 Å². The fourth-order valence-electron chi connectivity index (χ4n) is 1.51. The standard InChI is InChI=1S/C11H17ClN2O2/c1-3-5-9(16-4-2)11-13-8(7-12)6-10(15)14-11/h6,9H,3-5,7H2,1-2H3,(H,13,14,15). The molecular formula is C11H17ClN2O2. The highest BCUT2D eigenvalue weighted by atomic mass is 35.5. The van der Waals surface area contributed by atoms with Gasteiger partial charge in [0, 0.05) is 12.7 Å². The maximum absolute atomic E-state index is 11.4. The maximum atomic E-state index is 11.4. The van der Waals surface area contributed by atoms with E-state index >= 15 is 0 Å². The van der Waals surface area contributed by atoms with Crippen LogP contribution in [-0.4, -0.2) is 16.6 Å². The second-order valence-electron chi connectivity index (χ2n) is 3.49. The molecule has 1 N–H and O–H groups in total. The summed E-state index contributed by atoms with van der Waals surface area (Å²) >= 11 is 5.67. The molecule has 0 aromatic carbocycles. The van der Waals surface area contributed by atoms with Crippen LogP contribution in [0.2, 0.25) is 0 Å². The Balaban J connectivity index is 2.98. The molecular weight excluding hydrogens is 228 g/mol. The number of aromatic nitrogens is 2. The van der Waals surface area contributed by atoms with Gasteiger partial charge in [0.25, 0.3) is 5.56 Å². The zero-order chi connectivity index (χ0) is 12.0. The lowest BCUT2D eigenvalue weighted by atomic mass is 10.2. The van der Waals surface area contributed by atoms with Crippen LogP contribution < -0.4 is 5.56 Å². The zero-order valence-corrected chi connectivity index (χ0v) is 10.4. The first kappa shape index (κ1) is 13.2. The molecule has 0 spiro atoms. The van der Waals surface area contributed by atoms with Crippen LogP contribution in [0.3, 0.4) is 0 Å². The predicted molar refractivity (Wildman–Crippen MR) is 63.7 cm³/mol. The minimum Gasteiger partial charge on any atom is -0.371 e. The highest BCUT2D eigenvalue weighted by molar-refractivity contribution is 6.16. The summed E-state index contributed by atoms with van der Waals surface area (Å²) in [6.45, 7) is 4.58. The number of rotatable bonds is 6. The second kappa shape index (κ2) is 6.66. The van der Waals surface area contributed by atoms with Gasteiger partial charge >= 0.3 is 0 Å². The van der Waals surface area contributed by atoms with Crippen molar-refractivity contribution in [2.24, 2.45) is 0 Å². The van der Waals surface area contributed by atoms with E-state index in [0.717, 1.165) is 12.8 Å². The number of aromatic amines is 1. The highest BCUT2D eigenvalue weighted by Gasteiger charge is 2.14. The van der Waals surface area contributed by atoms with Crippen molar-refractivity contribution in [1.82, 2.24) is 9.97 Å². The Labute approximate surface area is 100 Å². The molecule has 0 amide bonds. The van der Waals surface area contributed by atoms with Crippen molar-refractivity contribution in [3.63, 3.8) is 0 Å². The Kier molecular flexibility index (Phi) is 5.49. The summed E-state index contributed by atoms with van der Waals surface area (Å²) in [5.74, 6) is 0.814. The third kappa shape index (κ3) is 3.61. The second-order valence-corrected chi connectivity index (χ2v) is 3.76. The number of alkyl halides is 1. The minimum atomic E-state index is -0.179. The van der Waals surface area contributed by atoms with Crippen LogP contribution in [0.5, 0.6) is 0 Å². The van der Waals surface area contributed by atoms with Crippen molar-refractivity contribution >= 4 is 11.6 Å². The van der Waals surface area contributed by atoms with Gasteiger partial charge in [-0.1, -0.05) is 13.3 Å². The fraction of sp³-hybridized carbons (Fsp3) is 0.636. The van der Waals surface area contributed by atoms with Gasteiger partial charge in [-0.05, 0) is 13.3 Å². The summed E-state index contributed by atoms with van der Waals surface area (Å²) in [5, 5.41) is 0. The topological polar surface area (TPSA) is 55.0 Å². The first-order chi connectivity index (χ1) is 7.71.